The zero-order valence-corrected chi connectivity index (χ0v) is 10.2. The van der Waals surface area contributed by atoms with Gasteiger partial charge in [-0.05, 0) is 50.5 Å². The van der Waals surface area contributed by atoms with Crippen molar-refractivity contribution in [1.82, 2.24) is 4.90 Å². The van der Waals surface area contributed by atoms with E-state index in [0.717, 1.165) is 24.9 Å². The van der Waals surface area contributed by atoms with Gasteiger partial charge in [0.1, 0.15) is 0 Å². The number of likely N-dealkylation sites (tertiary alicyclic amines) is 1. The van der Waals surface area contributed by atoms with Crippen molar-refractivity contribution >= 4 is 5.97 Å². The number of carboxylic acids is 1. The van der Waals surface area contributed by atoms with E-state index < -0.39 is 5.97 Å². The van der Waals surface area contributed by atoms with Crippen molar-refractivity contribution in [2.45, 2.75) is 51.5 Å². The molecule has 92 valence electrons. The van der Waals surface area contributed by atoms with Crippen molar-refractivity contribution in [1.29, 1.82) is 0 Å². The normalized spacial score (nSPS) is 28.2. The summed E-state index contributed by atoms with van der Waals surface area (Å²) >= 11 is 0. The Bertz CT molecular complexity index is 250. The number of nitrogens with zero attached hydrogens (tertiary/aromatic N) is 1. The molecular formula is C13H23NO2. The molecule has 0 aromatic rings. The third-order valence-electron chi connectivity index (χ3n) is 4.14. The number of carboxylic acid groups (broad SMARTS) is 1. The van der Waals surface area contributed by atoms with E-state index in [0.29, 0.717) is 12.3 Å². The molecule has 3 nitrogen and oxygen atoms in total. The number of aliphatic carboxylic acids is 1. The second-order valence-electron chi connectivity index (χ2n) is 5.40. The Labute approximate surface area is 97.8 Å². The molecule has 0 aromatic heterocycles. The summed E-state index contributed by atoms with van der Waals surface area (Å²) in [4.78, 5) is 13.1. The van der Waals surface area contributed by atoms with Crippen LogP contribution in [0.3, 0.4) is 0 Å². The smallest absolute Gasteiger partial charge is 0.303 e. The molecule has 2 atom stereocenters. The largest absolute Gasteiger partial charge is 0.481 e. The molecule has 3 heteroatoms. The first-order chi connectivity index (χ1) is 7.70. The molecule has 1 saturated heterocycles. The average molecular weight is 225 g/mol. The summed E-state index contributed by atoms with van der Waals surface area (Å²) in [5.41, 5.74) is 0. The van der Waals surface area contributed by atoms with Crippen LogP contribution in [0.4, 0.5) is 0 Å². The number of carbonyl (C=O) groups is 1. The molecule has 1 heterocycles. The maximum absolute atomic E-state index is 10.5. The predicted molar refractivity (Wildman–Crippen MR) is 63.4 cm³/mol. The van der Waals surface area contributed by atoms with Crippen molar-refractivity contribution in [2.24, 2.45) is 11.8 Å². The third-order valence-corrected chi connectivity index (χ3v) is 4.14. The second-order valence-corrected chi connectivity index (χ2v) is 5.40. The minimum Gasteiger partial charge on any atom is -0.481 e. The van der Waals surface area contributed by atoms with Gasteiger partial charge in [0, 0.05) is 19.0 Å². The highest BCUT2D eigenvalue weighted by molar-refractivity contribution is 5.66. The van der Waals surface area contributed by atoms with Gasteiger partial charge >= 0.3 is 5.97 Å². The molecule has 2 rings (SSSR count). The molecule has 2 aliphatic rings. The van der Waals surface area contributed by atoms with Crippen LogP contribution in [0.2, 0.25) is 0 Å². The Kier molecular flexibility index (Phi) is 3.85. The van der Waals surface area contributed by atoms with Gasteiger partial charge in [0.05, 0.1) is 0 Å². The first kappa shape index (κ1) is 11.9. The molecular weight excluding hydrogens is 202 g/mol. The number of hydrogen-bond donors (Lipinski definition) is 1. The topological polar surface area (TPSA) is 40.5 Å². The van der Waals surface area contributed by atoms with Crippen molar-refractivity contribution in [3.63, 3.8) is 0 Å². The Morgan fingerprint density at radius 3 is 2.75 bits per heavy atom. The fraction of sp³-hybridized carbons (Fsp3) is 0.923. The summed E-state index contributed by atoms with van der Waals surface area (Å²) in [6.45, 7) is 4.62. The van der Waals surface area contributed by atoms with Gasteiger partial charge in [0.2, 0.25) is 0 Å². The van der Waals surface area contributed by atoms with Gasteiger partial charge in [0.15, 0.2) is 0 Å². The zero-order chi connectivity index (χ0) is 11.5. The van der Waals surface area contributed by atoms with Crippen LogP contribution in [0, 0.1) is 11.8 Å². The molecule has 16 heavy (non-hydrogen) atoms. The van der Waals surface area contributed by atoms with Gasteiger partial charge < -0.3 is 5.11 Å². The van der Waals surface area contributed by atoms with Gasteiger partial charge in [-0.1, -0.05) is 6.92 Å². The van der Waals surface area contributed by atoms with Crippen LogP contribution in [-0.4, -0.2) is 35.1 Å². The molecule has 0 bridgehead atoms. The van der Waals surface area contributed by atoms with E-state index in [4.69, 9.17) is 5.11 Å². The minimum absolute atomic E-state index is 0.346. The molecule has 1 N–H and O–H groups in total. The fourth-order valence-corrected chi connectivity index (χ4v) is 3.10. The van der Waals surface area contributed by atoms with Crippen LogP contribution in [0.25, 0.3) is 0 Å². The first-order valence-corrected chi connectivity index (χ1v) is 6.66. The van der Waals surface area contributed by atoms with E-state index in [1.807, 2.05) is 0 Å². The average Bonchev–Trinajstić information content (AvgIpc) is 2.96. The van der Waals surface area contributed by atoms with Crippen LogP contribution in [0.15, 0.2) is 0 Å². The van der Waals surface area contributed by atoms with Gasteiger partial charge in [-0.3, -0.25) is 9.69 Å². The van der Waals surface area contributed by atoms with Gasteiger partial charge in [-0.2, -0.15) is 0 Å². The summed E-state index contributed by atoms with van der Waals surface area (Å²) < 4.78 is 0. The summed E-state index contributed by atoms with van der Waals surface area (Å²) in [5.74, 6) is 0.930. The maximum Gasteiger partial charge on any atom is 0.303 e. The van der Waals surface area contributed by atoms with Crippen LogP contribution >= 0.6 is 0 Å². The lowest BCUT2D eigenvalue weighted by Crippen LogP contribution is -2.34. The Morgan fingerprint density at radius 2 is 2.19 bits per heavy atom. The fourth-order valence-electron chi connectivity index (χ4n) is 3.10. The van der Waals surface area contributed by atoms with Crippen molar-refractivity contribution in [3.8, 4) is 0 Å². The molecule has 2 fully saturated rings. The van der Waals surface area contributed by atoms with Crippen LogP contribution in [0.5, 0.6) is 0 Å². The monoisotopic (exact) mass is 225 g/mol. The van der Waals surface area contributed by atoms with Crippen molar-refractivity contribution in [2.75, 3.05) is 13.1 Å². The molecule has 0 aromatic carbocycles. The van der Waals surface area contributed by atoms with Gasteiger partial charge in [-0.15, -0.1) is 0 Å². The SMILES string of the molecule is CCC(C1CC1)N1CCC(CCC(=O)O)C1. The minimum atomic E-state index is -0.646. The first-order valence-electron chi connectivity index (χ1n) is 6.66. The van der Waals surface area contributed by atoms with Crippen LogP contribution in [0.1, 0.15) is 45.4 Å². The van der Waals surface area contributed by atoms with Crippen LogP contribution < -0.4 is 0 Å². The van der Waals surface area contributed by atoms with E-state index in [2.05, 4.69) is 11.8 Å². The lowest BCUT2D eigenvalue weighted by molar-refractivity contribution is -0.137. The number of rotatable bonds is 6. The zero-order valence-electron chi connectivity index (χ0n) is 10.2. The highest BCUT2D eigenvalue weighted by atomic mass is 16.4. The Hall–Kier alpha value is -0.570. The van der Waals surface area contributed by atoms with E-state index >= 15 is 0 Å². The van der Waals surface area contributed by atoms with E-state index in [-0.39, 0.29) is 0 Å². The maximum atomic E-state index is 10.5. The summed E-state index contributed by atoms with van der Waals surface area (Å²) in [5, 5.41) is 8.68. The molecule has 1 saturated carbocycles. The summed E-state index contributed by atoms with van der Waals surface area (Å²) in [6, 6.07) is 0.787. The molecule has 1 aliphatic heterocycles. The van der Waals surface area contributed by atoms with E-state index in [1.54, 1.807) is 0 Å². The van der Waals surface area contributed by atoms with Crippen molar-refractivity contribution < 1.29 is 9.90 Å². The third kappa shape index (κ3) is 2.97. The predicted octanol–water partition coefficient (Wildman–Crippen LogP) is 2.36. The lowest BCUT2D eigenvalue weighted by atomic mass is 10.0. The van der Waals surface area contributed by atoms with E-state index in [9.17, 15) is 4.79 Å². The molecule has 2 unspecified atom stereocenters. The Morgan fingerprint density at radius 1 is 1.44 bits per heavy atom. The van der Waals surface area contributed by atoms with E-state index in [1.165, 1.54) is 32.2 Å². The van der Waals surface area contributed by atoms with Crippen LogP contribution in [-0.2, 0) is 4.79 Å². The quantitative estimate of drug-likeness (QED) is 0.754. The molecule has 1 aliphatic carbocycles. The summed E-state index contributed by atoms with van der Waals surface area (Å²) in [6.07, 6.45) is 6.50. The second kappa shape index (κ2) is 5.17. The number of hydrogen-bond acceptors (Lipinski definition) is 2. The highest BCUT2D eigenvalue weighted by Gasteiger charge is 2.36. The molecule has 0 spiro atoms. The summed E-state index contributed by atoms with van der Waals surface area (Å²) in [7, 11) is 0. The standard InChI is InChI=1S/C13H23NO2/c1-2-12(11-4-5-11)14-8-7-10(9-14)3-6-13(15)16/h10-12H,2-9H2,1H3,(H,15,16). The van der Waals surface area contributed by atoms with Gasteiger partial charge in [-0.25, -0.2) is 0 Å². The molecule has 0 amide bonds. The molecule has 0 radical (unpaired) electrons. The lowest BCUT2D eigenvalue weighted by Gasteiger charge is -2.26. The van der Waals surface area contributed by atoms with Crippen molar-refractivity contribution in [3.05, 3.63) is 0 Å². The van der Waals surface area contributed by atoms with Gasteiger partial charge in [0.25, 0.3) is 0 Å². The Balaban J connectivity index is 1.75. The highest BCUT2D eigenvalue weighted by Crippen LogP contribution is 2.39.